The van der Waals surface area contributed by atoms with Crippen LogP contribution in [0, 0.1) is 0 Å². The first-order valence-electron chi connectivity index (χ1n) is 5.52. The molecule has 0 fully saturated rings. The molecular formula is C14H7BrClNO2. The van der Waals surface area contributed by atoms with Gasteiger partial charge in [-0.3, -0.25) is 9.59 Å². The lowest BCUT2D eigenvalue weighted by molar-refractivity contribution is 0.0926. The smallest absolute Gasteiger partial charge is 0.266 e. The Hall–Kier alpha value is -1.65. The highest BCUT2D eigenvalue weighted by molar-refractivity contribution is 9.10. The summed E-state index contributed by atoms with van der Waals surface area (Å²) in [5.74, 6) is -0.686. The van der Waals surface area contributed by atoms with E-state index in [0.29, 0.717) is 21.8 Å². The van der Waals surface area contributed by atoms with Crippen LogP contribution in [0.1, 0.15) is 20.7 Å². The molecule has 0 atom stereocenters. The molecule has 2 aromatic rings. The third kappa shape index (κ3) is 1.88. The van der Waals surface area contributed by atoms with Gasteiger partial charge in [0.15, 0.2) is 0 Å². The van der Waals surface area contributed by atoms with E-state index < -0.39 is 0 Å². The molecule has 1 aliphatic rings. The van der Waals surface area contributed by atoms with Crippen molar-refractivity contribution in [2.45, 2.75) is 0 Å². The molecule has 0 aliphatic carbocycles. The molecule has 2 aromatic carbocycles. The number of halogens is 2. The van der Waals surface area contributed by atoms with Gasteiger partial charge in [-0.05, 0) is 30.3 Å². The standard InChI is InChI=1S/C14H7BrClNO2/c15-8-5-6-12(11(16)7-8)17-13(18)9-3-1-2-4-10(9)14(17)19/h1-7H. The fraction of sp³-hybridized carbons (Fsp3) is 0. The molecule has 0 saturated heterocycles. The van der Waals surface area contributed by atoms with Crippen LogP contribution in [-0.4, -0.2) is 11.8 Å². The summed E-state index contributed by atoms with van der Waals surface area (Å²) < 4.78 is 0.790. The van der Waals surface area contributed by atoms with E-state index in [1.807, 2.05) is 0 Å². The zero-order valence-corrected chi connectivity index (χ0v) is 11.9. The minimum atomic E-state index is -0.343. The van der Waals surface area contributed by atoms with Gasteiger partial charge in [-0.2, -0.15) is 0 Å². The van der Waals surface area contributed by atoms with E-state index in [1.54, 1.807) is 42.5 Å². The van der Waals surface area contributed by atoms with Crippen LogP contribution in [0.25, 0.3) is 0 Å². The Labute approximate surface area is 122 Å². The van der Waals surface area contributed by atoms with Crippen LogP contribution in [0.3, 0.4) is 0 Å². The maximum Gasteiger partial charge on any atom is 0.266 e. The molecule has 0 N–H and O–H groups in total. The number of nitrogens with zero attached hydrogens (tertiary/aromatic N) is 1. The van der Waals surface area contributed by atoms with Gasteiger partial charge in [0.2, 0.25) is 0 Å². The van der Waals surface area contributed by atoms with E-state index in [2.05, 4.69) is 15.9 Å². The monoisotopic (exact) mass is 335 g/mol. The van der Waals surface area contributed by atoms with Crippen molar-refractivity contribution >= 4 is 45.0 Å². The van der Waals surface area contributed by atoms with E-state index in [1.165, 1.54) is 0 Å². The summed E-state index contributed by atoms with van der Waals surface area (Å²) in [6, 6.07) is 11.8. The molecule has 94 valence electrons. The van der Waals surface area contributed by atoms with Crippen molar-refractivity contribution in [2.24, 2.45) is 0 Å². The van der Waals surface area contributed by atoms with Gasteiger partial charge in [-0.1, -0.05) is 39.7 Å². The van der Waals surface area contributed by atoms with Crippen molar-refractivity contribution in [3.05, 3.63) is 63.1 Å². The number of carbonyl (C=O) groups is 2. The summed E-state index contributed by atoms with van der Waals surface area (Å²) in [7, 11) is 0. The minimum absolute atomic E-state index is 0.343. The van der Waals surface area contributed by atoms with E-state index in [-0.39, 0.29) is 11.8 Å². The number of hydrogen-bond donors (Lipinski definition) is 0. The number of imide groups is 1. The van der Waals surface area contributed by atoms with Gasteiger partial charge in [-0.15, -0.1) is 0 Å². The summed E-state index contributed by atoms with van der Waals surface area (Å²) in [4.78, 5) is 25.7. The third-order valence-corrected chi connectivity index (χ3v) is 3.74. The minimum Gasteiger partial charge on any atom is -0.268 e. The Kier molecular flexibility index (Phi) is 2.92. The third-order valence-electron chi connectivity index (χ3n) is 2.94. The zero-order chi connectivity index (χ0) is 13.6. The largest absolute Gasteiger partial charge is 0.268 e. The number of benzene rings is 2. The Morgan fingerprint density at radius 1 is 0.947 bits per heavy atom. The number of amides is 2. The van der Waals surface area contributed by atoms with Crippen LogP contribution in [0.15, 0.2) is 46.9 Å². The lowest BCUT2D eigenvalue weighted by Gasteiger charge is -2.15. The fourth-order valence-corrected chi connectivity index (χ4v) is 2.83. The predicted molar refractivity (Wildman–Crippen MR) is 76.7 cm³/mol. The Balaban J connectivity index is 2.14. The van der Waals surface area contributed by atoms with Crippen molar-refractivity contribution in [1.29, 1.82) is 0 Å². The van der Waals surface area contributed by atoms with Crippen LogP contribution in [0.4, 0.5) is 5.69 Å². The molecule has 0 unspecified atom stereocenters. The number of fused-ring (bicyclic) bond motifs is 1. The molecule has 0 radical (unpaired) electrons. The van der Waals surface area contributed by atoms with Gasteiger partial charge in [0.1, 0.15) is 0 Å². The molecule has 1 aliphatic heterocycles. The summed E-state index contributed by atoms with van der Waals surface area (Å²) in [5, 5.41) is 0.351. The second-order valence-electron chi connectivity index (χ2n) is 4.09. The van der Waals surface area contributed by atoms with Crippen LogP contribution < -0.4 is 4.90 Å². The molecular weight excluding hydrogens is 330 g/mol. The molecule has 0 aromatic heterocycles. The first-order chi connectivity index (χ1) is 9.09. The lowest BCUT2D eigenvalue weighted by Crippen LogP contribution is -2.29. The normalized spacial score (nSPS) is 13.9. The maximum absolute atomic E-state index is 12.3. The topological polar surface area (TPSA) is 37.4 Å². The van der Waals surface area contributed by atoms with Gasteiger partial charge in [0.25, 0.3) is 11.8 Å². The van der Waals surface area contributed by atoms with Crippen molar-refractivity contribution < 1.29 is 9.59 Å². The number of carbonyl (C=O) groups excluding carboxylic acids is 2. The van der Waals surface area contributed by atoms with Crippen molar-refractivity contribution in [3.8, 4) is 0 Å². The first-order valence-corrected chi connectivity index (χ1v) is 6.69. The first kappa shape index (κ1) is 12.4. The second-order valence-corrected chi connectivity index (χ2v) is 5.41. The average Bonchev–Trinajstić information content (AvgIpc) is 2.64. The summed E-state index contributed by atoms with van der Waals surface area (Å²) in [6.45, 7) is 0. The van der Waals surface area contributed by atoms with E-state index in [4.69, 9.17) is 11.6 Å². The quantitative estimate of drug-likeness (QED) is 0.741. The van der Waals surface area contributed by atoms with Crippen molar-refractivity contribution in [2.75, 3.05) is 4.90 Å². The van der Waals surface area contributed by atoms with Gasteiger partial charge in [-0.25, -0.2) is 4.90 Å². The highest BCUT2D eigenvalue weighted by atomic mass is 79.9. The van der Waals surface area contributed by atoms with Crippen LogP contribution in [0.5, 0.6) is 0 Å². The zero-order valence-electron chi connectivity index (χ0n) is 9.56. The number of hydrogen-bond acceptors (Lipinski definition) is 2. The highest BCUT2D eigenvalue weighted by Gasteiger charge is 2.37. The molecule has 2 amide bonds. The molecule has 3 rings (SSSR count). The van der Waals surface area contributed by atoms with Crippen LogP contribution in [0.2, 0.25) is 5.02 Å². The van der Waals surface area contributed by atoms with Gasteiger partial charge in [0, 0.05) is 4.47 Å². The van der Waals surface area contributed by atoms with Crippen molar-refractivity contribution in [1.82, 2.24) is 0 Å². The summed E-state index contributed by atoms with van der Waals surface area (Å²) >= 11 is 9.40. The second kappa shape index (κ2) is 4.47. The molecule has 19 heavy (non-hydrogen) atoms. The van der Waals surface area contributed by atoms with Gasteiger partial charge < -0.3 is 0 Å². The van der Waals surface area contributed by atoms with E-state index >= 15 is 0 Å². The number of rotatable bonds is 1. The van der Waals surface area contributed by atoms with E-state index in [9.17, 15) is 9.59 Å². The summed E-state index contributed by atoms with van der Waals surface area (Å²) in [5.41, 5.74) is 1.22. The molecule has 0 bridgehead atoms. The Morgan fingerprint density at radius 3 is 2.05 bits per heavy atom. The molecule has 0 saturated carbocycles. The Bertz CT molecular complexity index is 679. The molecule has 1 heterocycles. The molecule has 5 heteroatoms. The van der Waals surface area contributed by atoms with Crippen LogP contribution >= 0.6 is 27.5 Å². The highest BCUT2D eigenvalue weighted by Crippen LogP contribution is 2.34. The lowest BCUT2D eigenvalue weighted by atomic mass is 10.1. The SMILES string of the molecule is O=C1c2ccccc2C(=O)N1c1ccc(Br)cc1Cl. The van der Waals surface area contributed by atoms with Gasteiger partial charge >= 0.3 is 0 Å². The van der Waals surface area contributed by atoms with Crippen LogP contribution in [-0.2, 0) is 0 Å². The predicted octanol–water partition coefficient (Wildman–Crippen LogP) is 3.90. The maximum atomic E-state index is 12.3. The molecule has 0 spiro atoms. The van der Waals surface area contributed by atoms with E-state index in [0.717, 1.165) is 9.37 Å². The van der Waals surface area contributed by atoms with Gasteiger partial charge in [0.05, 0.1) is 21.8 Å². The summed E-state index contributed by atoms with van der Waals surface area (Å²) in [6.07, 6.45) is 0. The Morgan fingerprint density at radius 2 is 1.53 bits per heavy atom. The molecule has 3 nitrogen and oxygen atoms in total. The number of anilines is 1. The van der Waals surface area contributed by atoms with Crippen molar-refractivity contribution in [3.63, 3.8) is 0 Å². The fourth-order valence-electron chi connectivity index (χ4n) is 2.07. The average molecular weight is 337 g/mol.